The van der Waals surface area contributed by atoms with E-state index in [1.165, 1.54) is 0 Å². The minimum Gasteiger partial charge on any atom is -0.465 e. The molecular weight excluding hydrogens is 374 g/mol. The lowest BCUT2D eigenvalue weighted by Crippen LogP contribution is -2.13. The van der Waals surface area contributed by atoms with Crippen LogP contribution in [-0.2, 0) is 0 Å². The Morgan fingerprint density at radius 2 is 1.84 bits per heavy atom. The summed E-state index contributed by atoms with van der Waals surface area (Å²) in [6.45, 7) is 5.54. The molecule has 0 fully saturated rings. The van der Waals surface area contributed by atoms with Gasteiger partial charge in [-0.1, -0.05) is 15.9 Å². The molecular formula is C14H13Br2NO2. The normalized spacial score (nSPS) is 10.6. The van der Waals surface area contributed by atoms with E-state index in [0.717, 1.165) is 15.7 Å². The summed E-state index contributed by atoms with van der Waals surface area (Å²) in [4.78, 5) is 12.3. The van der Waals surface area contributed by atoms with Crippen LogP contribution in [0.4, 0.5) is 5.69 Å². The Bertz CT molecular complexity index is 647. The van der Waals surface area contributed by atoms with Gasteiger partial charge in [0, 0.05) is 10.2 Å². The Balaban J connectivity index is 2.31. The van der Waals surface area contributed by atoms with Gasteiger partial charge in [-0.3, -0.25) is 4.79 Å². The fraction of sp³-hybridized carbons (Fsp3) is 0.214. The van der Waals surface area contributed by atoms with Crippen LogP contribution in [0.3, 0.4) is 0 Å². The van der Waals surface area contributed by atoms with Gasteiger partial charge in [0.1, 0.15) is 11.5 Å². The van der Waals surface area contributed by atoms with Crippen LogP contribution in [0.5, 0.6) is 0 Å². The highest BCUT2D eigenvalue weighted by atomic mass is 79.9. The molecule has 0 aliphatic carbocycles. The van der Waals surface area contributed by atoms with Gasteiger partial charge < -0.3 is 9.73 Å². The number of rotatable bonds is 2. The number of benzene rings is 1. The Kier molecular flexibility index (Phi) is 4.16. The predicted octanol–water partition coefficient (Wildman–Crippen LogP) is 4.98. The fourth-order valence-corrected chi connectivity index (χ4v) is 2.88. The predicted molar refractivity (Wildman–Crippen MR) is 82.7 cm³/mol. The second-order valence-corrected chi connectivity index (χ2v) is 6.03. The lowest BCUT2D eigenvalue weighted by molar-refractivity contribution is 0.102. The number of aryl methyl sites for hydroxylation is 3. The van der Waals surface area contributed by atoms with E-state index in [9.17, 15) is 4.79 Å². The molecule has 100 valence electrons. The lowest BCUT2D eigenvalue weighted by atomic mass is 10.2. The molecule has 0 aliphatic rings. The average Bonchev–Trinajstić information content (AvgIpc) is 2.57. The first kappa shape index (κ1) is 14.3. The van der Waals surface area contributed by atoms with Crippen LogP contribution in [0.2, 0.25) is 0 Å². The van der Waals surface area contributed by atoms with Crippen LogP contribution in [0, 0.1) is 20.8 Å². The maximum Gasteiger partial charge on any atom is 0.260 e. The number of furan rings is 1. The second-order valence-electron chi connectivity index (χ2n) is 4.32. The standard InChI is InChI=1S/C14H13Br2NO2/c1-7-6-10(15)4-5-11(7)17-14(18)12-8(2)19-9(3)13(12)16/h4-6H,1-3H3,(H,17,18). The summed E-state index contributed by atoms with van der Waals surface area (Å²) in [5, 5.41) is 2.90. The van der Waals surface area contributed by atoms with Gasteiger partial charge in [0.25, 0.3) is 5.91 Å². The van der Waals surface area contributed by atoms with Crippen LogP contribution < -0.4 is 5.32 Å². The molecule has 19 heavy (non-hydrogen) atoms. The van der Waals surface area contributed by atoms with Crippen molar-refractivity contribution in [3.05, 3.63) is 49.8 Å². The lowest BCUT2D eigenvalue weighted by Gasteiger charge is -2.08. The van der Waals surface area contributed by atoms with E-state index in [4.69, 9.17) is 4.42 Å². The average molecular weight is 387 g/mol. The minimum absolute atomic E-state index is 0.174. The van der Waals surface area contributed by atoms with Crippen molar-refractivity contribution in [2.45, 2.75) is 20.8 Å². The van der Waals surface area contributed by atoms with Crippen molar-refractivity contribution in [1.29, 1.82) is 0 Å². The maximum absolute atomic E-state index is 12.3. The van der Waals surface area contributed by atoms with Crippen molar-refractivity contribution in [1.82, 2.24) is 0 Å². The van der Waals surface area contributed by atoms with Crippen LogP contribution >= 0.6 is 31.9 Å². The van der Waals surface area contributed by atoms with Gasteiger partial charge in [0.2, 0.25) is 0 Å². The van der Waals surface area contributed by atoms with E-state index in [1.54, 1.807) is 6.92 Å². The molecule has 1 N–H and O–H groups in total. The van der Waals surface area contributed by atoms with Crippen LogP contribution in [0.15, 0.2) is 31.6 Å². The SMILES string of the molecule is Cc1cc(Br)ccc1NC(=O)c1c(C)oc(C)c1Br. The summed E-state index contributed by atoms with van der Waals surface area (Å²) < 4.78 is 7.13. The number of anilines is 1. The molecule has 5 heteroatoms. The Hall–Kier alpha value is -1.07. The first-order valence-corrected chi connectivity index (χ1v) is 7.31. The van der Waals surface area contributed by atoms with Gasteiger partial charge in [-0.2, -0.15) is 0 Å². The summed E-state index contributed by atoms with van der Waals surface area (Å²) in [6.07, 6.45) is 0. The highest BCUT2D eigenvalue weighted by Crippen LogP contribution is 2.28. The zero-order valence-electron chi connectivity index (χ0n) is 10.8. The Morgan fingerprint density at radius 3 is 2.37 bits per heavy atom. The molecule has 1 amide bonds. The number of nitrogens with one attached hydrogen (secondary N) is 1. The molecule has 0 saturated heterocycles. The molecule has 2 rings (SSSR count). The zero-order valence-corrected chi connectivity index (χ0v) is 14.0. The summed E-state index contributed by atoms with van der Waals surface area (Å²) in [5.41, 5.74) is 2.33. The van der Waals surface area contributed by atoms with Crippen molar-refractivity contribution < 1.29 is 9.21 Å². The third-order valence-corrected chi connectivity index (χ3v) is 4.30. The van der Waals surface area contributed by atoms with Crippen molar-refractivity contribution in [3.63, 3.8) is 0 Å². The highest BCUT2D eigenvalue weighted by molar-refractivity contribution is 9.10. The Labute approximate surface area is 128 Å². The number of amides is 1. The maximum atomic E-state index is 12.3. The van der Waals surface area contributed by atoms with E-state index in [1.807, 2.05) is 32.0 Å². The third kappa shape index (κ3) is 2.92. The van der Waals surface area contributed by atoms with Crippen LogP contribution in [-0.4, -0.2) is 5.91 Å². The molecule has 1 heterocycles. The van der Waals surface area contributed by atoms with Gasteiger partial charge in [0.15, 0.2) is 0 Å². The van der Waals surface area contributed by atoms with Gasteiger partial charge in [-0.05, 0) is 60.5 Å². The largest absolute Gasteiger partial charge is 0.465 e. The molecule has 1 aromatic carbocycles. The smallest absolute Gasteiger partial charge is 0.260 e. The number of carbonyl (C=O) groups excluding carboxylic acids is 1. The van der Waals surface area contributed by atoms with E-state index in [2.05, 4.69) is 37.2 Å². The molecule has 0 radical (unpaired) electrons. The molecule has 1 aromatic heterocycles. The van der Waals surface area contributed by atoms with E-state index < -0.39 is 0 Å². The second kappa shape index (κ2) is 5.51. The van der Waals surface area contributed by atoms with Crippen LogP contribution in [0.25, 0.3) is 0 Å². The van der Waals surface area contributed by atoms with Gasteiger partial charge in [-0.25, -0.2) is 0 Å². The molecule has 0 spiro atoms. The van der Waals surface area contributed by atoms with Crippen molar-refractivity contribution >= 4 is 43.5 Å². The number of carbonyl (C=O) groups is 1. The fourth-order valence-electron chi connectivity index (χ4n) is 1.87. The molecule has 0 unspecified atom stereocenters. The summed E-state index contributed by atoms with van der Waals surface area (Å²) >= 11 is 6.78. The molecule has 0 bridgehead atoms. The molecule has 0 aliphatic heterocycles. The van der Waals surface area contributed by atoms with E-state index in [-0.39, 0.29) is 5.91 Å². The van der Waals surface area contributed by atoms with Gasteiger partial charge in [0.05, 0.1) is 10.0 Å². The monoisotopic (exact) mass is 385 g/mol. The third-order valence-electron chi connectivity index (χ3n) is 2.85. The summed E-state index contributed by atoms with van der Waals surface area (Å²) in [5.74, 6) is 1.14. The van der Waals surface area contributed by atoms with E-state index >= 15 is 0 Å². The number of hydrogen-bond acceptors (Lipinski definition) is 2. The first-order valence-electron chi connectivity index (χ1n) is 5.73. The Morgan fingerprint density at radius 1 is 1.16 bits per heavy atom. The van der Waals surface area contributed by atoms with E-state index in [0.29, 0.717) is 21.6 Å². The van der Waals surface area contributed by atoms with Crippen molar-refractivity contribution in [2.75, 3.05) is 5.32 Å². The molecule has 0 atom stereocenters. The molecule has 0 saturated carbocycles. The number of halogens is 2. The molecule has 2 aromatic rings. The van der Waals surface area contributed by atoms with Gasteiger partial charge in [-0.15, -0.1) is 0 Å². The quantitative estimate of drug-likeness (QED) is 0.790. The topological polar surface area (TPSA) is 42.2 Å². The number of hydrogen-bond donors (Lipinski definition) is 1. The minimum atomic E-state index is -0.174. The zero-order chi connectivity index (χ0) is 14.2. The first-order chi connectivity index (χ1) is 8.90. The molecule has 3 nitrogen and oxygen atoms in total. The van der Waals surface area contributed by atoms with Crippen LogP contribution in [0.1, 0.15) is 27.4 Å². The van der Waals surface area contributed by atoms with Gasteiger partial charge >= 0.3 is 0 Å². The van der Waals surface area contributed by atoms with Crippen molar-refractivity contribution in [3.8, 4) is 0 Å². The summed E-state index contributed by atoms with van der Waals surface area (Å²) in [7, 11) is 0. The van der Waals surface area contributed by atoms with Crippen molar-refractivity contribution in [2.24, 2.45) is 0 Å². The highest BCUT2D eigenvalue weighted by Gasteiger charge is 2.20. The summed E-state index contributed by atoms with van der Waals surface area (Å²) in [6, 6.07) is 5.72.